The van der Waals surface area contributed by atoms with Crippen molar-refractivity contribution >= 4 is 47.5 Å². The van der Waals surface area contributed by atoms with Gasteiger partial charge in [-0.2, -0.15) is 0 Å². The van der Waals surface area contributed by atoms with E-state index in [4.69, 9.17) is 23.8 Å². The molecule has 0 aromatic heterocycles. The summed E-state index contributed by atoms with van der Waals surface area (Å²) in [7, 11) is 6.10. The quantitative estimate of drug-likeness (QED) is 0.0875. The van der Waals surface area contributed by atoms with E-state index in [-0.39, 0.29) is 37.0 Å². The van der Waals surface area contributed by atoms with E-state index in [1.165, 1.54) is 26.2 Å². The molecule has 3 aliphatic rings. The topological polar surface area (TPSA) is 240 Å². The predicted molar refractivity (Wildman–Crippen MR) is 273 cm³/mol. The zero-order chi connectivity index (χ0) is 55.0. The van der Waals surface area contributed by atoms with Gasteiger partial charge in [-0.15, -0.1) is 5.06 Å². The summed E-state index contributed by atoms with van der Waals surface area (Å²) in [5.41, 5.74) is 0.675. The smallest absolute Gasteiger partial charge is 0.410 e. The summed E-state index contributed by atoms with van der Waals surface area (Å²) in [6.07, 6.45) is 2.91. The van der Waals surface area contributed by atoms with Crippen molar-refractivity contribution in [2.45, 2.75) is 180 Å². The molecule has 74 heavy (non-hydrogen) atoms. The van der Waals surface area contributed by atoms with Gasteiger partial charge in [0.15, 0.2) is 0 Å². The highest BCUT2D eigenvalue weighted by molar-refractivity contribution is 6.01. The maximum absolute atomic E-state index is 14.8. The molecule has 20 nitrogen and oxygen atoms in total. The van der Waals surface area contributed by atoms with Crippen molar-refractivity contribution in [3.05, 3.63) is 48.0 Å². The van der Waals surface area contributed by atoms with Crippen LogP contribution in [0.5, 0.6) is 0 Å². The summed E-state index contributed by atoms with van der Waals surface area (Å²) >= 11 is 0. The first kappa shape index (κ1) is 61.1. The Morgan fingerprint density at radius 2 is 1.49 bits per heavy atom. The standard InChI is InChI=1S/C54H84N6O14/c1-13-34(6)48(41(70-11)30-44(63)59-29-21-24-38(59)50(71-12)35(7)51(66)55-36(8)49(65)37-22-17-16-18-23-37)57(9)53(68)46(32(2)3)56-52(67)47(33(4)5)58(10)54(69)73-40-26-20-15-14-19-25-39(40)72-31-45(64)74-60-42(61)27-28-43(60)62/h16-18,20,22-23,26,32-36,38-41,46-50,65H,13-15,19,21,24-25,27-31H2,1-12H3,(H,55,66)(H,56,67)/t34-,35+,36+,38-,39?,40?,41+,46-,47-,48-,49+,50+/m0/s1. The number of rotatable bonds is 25. The number of ether oxygens (including phenoxy) is 4. The average molecular weight is 1040 g/mol. The van der Waals surface area contributed by atoms with E-state index in [9.17, 15) is 43.5 Å². The Labute approximate surface area is 437 Å². The molecular weight excluding hydrogens is 957 g/mol. The first-order valence-corrected chi connectivity index (χ1v) is 26.3. The number of aliphatic hydroxyl groups excluding tert-OH is 1. The molecule has 0 saturated carbocycles. The molecule has 3 N–H and O–H groups in total. The first-order valence-electron chi connectivity index (χ1n) is 26.3. The largest absolute Gasteiger partial charge is 0.439 e. The molecule has 1 aromatic carbocycles. The molecule has 414 valence electrons. The Bertz CT molecular complexity index is 2070. The third-order valence-corrected chi connectivity index (χ3v) is 14.7. The van der Waals surface area contributed by atoms with Gasteiger partial charge in [0, 0.05) is 47.7 Å². The van der Waals surface area contributed by atoms with E-state index in [0.717, 1.165) is 6.42 Å². The molecule has 4 rings (SSSR count). The zero-order valence-electron chi connectivity index (χ0n) is 45.7. The van der Waals surface area contributed by atoms with Crippen molar-refractivity contribution in [1.82, 2.24) is 30.4 Å². The van der Waals surface area contributed by atoms with Gasteiger partial charge < -0.3 is 49.3 Å². The Morgan fingerprint density at radius 3 is 2.08 bits per heavy atom. The minimum atomic E-state index is -1.10. The van der Waals surface area contributed by atoms with E-state index in [1.54, 1.807) is 76.6 Å². The molecule has 0 bridgehead atoms. The molecule has 2 saturated heterocycles. The van der Waals surface area contributed by atoms with Crippen molar-refractivity contribution in [3.8, 4) is 0 Å². The molecule has 2 heterocycles. The number of carbonyl (C=O) groups is 8. The van der Waals surface area contributed by atoms with Gasteiger partial charge in [-0.3, -0.25) is 33.7 Å². The van der Waals surface area contributed by atoms with E-state index in [2.05, 4.69) is 10.6 Å². The van der Waals surface area contributed by atoms with E-state index in [0.29, 0.717) is 55.7 Å². The number of allylic oxidation sites excluding steroid dienone is 1. The first-order chi connectivity index (χ1) is 35.1. The van der Waals surface area contributed by atoms with Crippen LogP contribution in [0, 0.1) is 23.7 Å². The summed E-state index contributed by atoms with van der Waals surface area (Å²) in [5, 5.41) is 17.2. The van der Waals surface area contributed by atoms with Crippen molar-refractivity contribution in [3.63, 3.8) is 0 Å². The fourth-order valence-corrected chi connectivity index (χ4v) is 10.3. The minimum absolute atomic E-state index is 0.0586. The number of imide groups is 1. The number of methoxy groups -OCH3 is 2. The Hall–Kier alpha value is -5.44. The fourth-order valence-electron chi connectivity index (χ4n) is 10.3. The van der Waals surface area contributed by atoms with Crippen molar-refractivity contribution in [2.24, 2.45) is 23.7 Å². The number of nitrogens with zero attached hydrogens (tertiary/aromatic N) is 4. The highest BCUT2D eigenvalue weighted by Crippen LogP contribution is 2.31. The second-order valence-electron chi connectivity index (χ2n) is 20.7. The van der Waals surface area contributed by atoms with Crippen LogP contribution < -0.4 is 10.6 Å². The number of hydroxylamine groups is 2. The van der Waals surface area contributed by atoms with Gasteiger partial charge in [0.1, 0.15) is 24.8 Å². The number of amides is 7. The van der Waals surface area contributed by atoms with Crippen LogP contribution >= 0.6 is 0 Å². The van der Waals surface area contributed by atoms with Crippen LogP contribution in [0.2, 0.25) is 0 Å². The van der Waals surface area contributed by atoms with Crippen molar-refractivity contribution < 1.29 is 67.2 Å². The lowest BCUT2D eigenvalue weighted by molar-refractivity contribution is -0.202. The number of likely N-dealkylation sites (N-methyl/N-ethyl adjacent to an activating group) is 2. The molecular formula is C54H84N6O14. The van der Waals surface area contributed by atoms with Crippen LogP contribution in [0.4, 0.5) is 4.79 Å². The number of hydrogen-bond donors (Lipinski definition) is 3. The molecule has 2 aliphatic heterocycles. The molecule has 1 aliphatic carbocycles. The van der Waals surface area contributed by atoms with Crippen LogP contribution in [-0.4, -0.2) is 168 Å². The molecule has 7 amide bonds. The predicted octanol–water partition coefficient (Wildman–Crippen LogP) is 4.87. The van der Waals surface area contributed by atoms with Crippen LogP contribution in [-0.2, 0) is 57.3 Å². The Balaban J connectivity index is 1.45. The SMILES string of the molecule is CC[C@H](C)[C@@H]([C@@H](CC(=O)N1CCC[C@H]1[C@H](OC)[C@@H](C)C(=O)N[C@H](C)[C@@H](O)c1ccccc1)OC)N(C)C(=O)[C@@H](NC(=O)[C@H](C(C)C)N(C)C(=O)OC1C=CCCCCC1OCC(=O)ON1C(=O)CCC1=O)C(C)C. The van der Waals surface area contributed by atoms with E-state index >= 15 is 0 Å². The van der Waals surface area contributed by atoms with Crippen LogP contribution in [0.3, 0.4) is 0 Å². The molecule has 2 unspecified atom stereocenters. The number of aliphatic hydroxyl groups is 1. The third kappa shape index (κ3) is 16.0. The van der Waals surface area contributed by atoms with E-state index in [1.807, 2.05) is 38.1 Å². The normalized spacial score (nSPS) is 21.9. The molecule has 0 spiro atoms. The van der Waals surface area contributed by atoms with Crippen LogP contribution in [0.15, 0.2) is 42.5 Å². The highest BCUT2D eigenvalue weighted by Gasteiger charge is 2.44. The lowest BCUT2D eigenvalue weighted by atomic mass is 9.89. The van der Waals surface area contributed by atoms with Gasteiger partial charge in [-0.05, 0) is 68.4 Å². The van der Waals surface area contributed by atoms with Gasteiger partial charge in [0.25, 0.3) is 11.8 Å². The van der Waals surface area contributed by atoms with Crippen molar-refractivity contribution in [2.75, 3.05) is 41.5 Å². The summed E-state index contributed by atoms with van der Waals surface area (Å²) in [6, 6.07) is 5.30. The second kappa shape index (κ2) is 29.0. The number of nitrogens with one attached hydrogen (secondary N) is 2. The molecule has 1 aromatic rings. The molecule has 20 heteroatoms. The summed E-state index contributed by atoms with van der Waals surface area (Å²) in [5.74, 6) is -5.45. The maximum atomic E-state index is 14.8. The van der Waals surface area contributed by atoms with Crippen LogP contribution in [0.25, 0.3) is 0 Å². The van der Waals surface area contributed by atoms with Gasteiger partial charge in [0.2, 0.25) is 23.6 Å². The number of benzene rings is 1. The third-order valence-electron chi connectivity index (χ3n) is 14.7. The Morgan fingerprint density at radius 1 is 0.824 bits per heavy atom. The molecule has 12 atom stereocenters. The van der Waals surface area contributed by atoms with Gasteiger partial charge in [-0.1, -0.05) is 97.7 Å². The summed E-state index contributed by atoms with van der Waals surface area (Å²) in [6.45, 7) is 14.4. The Kier molecular flexibility index (Phi) is 24.0. The molecule has 2 fully saturated rings. The monoisotopic (exact) mass is 1040 g/mol. The van der Waals surface area contributed by atoms with Crippen LogP contribution in [0.1, 0.15) is 131 Å². The minimum Gasteiger partial charge on any atom is -0.439 e. The molecule has 0 radical (unpaired) electrons. The van der Waals surface area contributed by atoms with Crippen molar-refractivity contribution in [1.29, 1.82) is 0 Å². The highest BCUT2D eigenvalue weighted by atomic mass is 16.7. The average Bonchev–Trinajstić information content (AvgIpc) is 3.98. The fraction of sp³-hybridized carbons (Fsp3) is 0.704. The lowest BCUT2D eigenvalue weighted by Crippen LogP contribution is -2.60. The zero-order valence-corrected chi connectivity index (χ0v) is 45.7. The van der Waals surface area contributed by atoms with Gasteiger partial charge >= 0.3 is 12.1 Å². The number of carbonyl (C=O) groups excluding carboxylic acids is 8. The van der Waals surface area contributed by atoms with Gasteiger partial charge in [-0.25, -0.2) is 9.59 Å². The second-order valence-corrected chi connectivity index (χ2v) is 20.7. The lowest BCUT2D eigenvalue weighted by Gasteiger charge is -2.41. The maximum Gasteiger partial charge on any atom is 0.410 e. The van der Waals surface area contributed by atoms with E-state index < -0.39 is 121 Å². The number of hydrogen-bond acceptors (Lipinski definition) is 14. The number of likely N-dealkylation sites (tertiary alicyclic amines) is 1. The van der Waals surface area contributed by atoms with Gasteiger partial charge in [0.05, 0.1) is 54.9 Å². The summed E-state index contributed by atoms with van der Waals surface area (Å²) < 4.78 is 23.8. The summed E-state index contributed by atoms with van der Waals surface area (Å²) in [4.78, 5) is 117.